The van der Waals surface area contributed by atoms with Crippen LogP contribution in [0.5, 0.6) is 5.75 Å². The zero-order valence-corrected chi connectivity index (χ0v) is 13.4. The van der Waals surface area contributed by atoms with Gasteiger partial charge in [0, 0.05) is 17.7 Å². The molecule has 2 nitrogen and oxygen atoms in total. The smallest absolute Gasteiger partial charge is 0.127 e. The van der Waals surface area contributed by atoms with Crippen molar-refractivity contribution in [3.05, 3.63) is 53.6 Å². The molecule has 0 saturated heterocycles. The minimum Gasteiger partial charge on any atom is -0.507 e. The second kappa shape index (κ2) is 6.31. The molecule has 21 heavy (non-hydrogen) atoms. The maximum Gasteiger partial charge on any atom is 0.127 e. The van der Waals surface area contributed by atoms with E-state index in [0.29, 0.717) is 12.3 Å². The van der Waals surface area contributed by atoms with Crippen LogP contribution in [0.4, 0.5) is 0 Å². The molecule has 0 heterocycles. The Balaban J connectivity index is 2.58. The minimum atomic E-state index is 0.0538. The first-order valence-corrected chi connectivity index (χ1v) is 7.56. The van der Waals surface area contributed by atoms with Crippen molar-refractivity contribution in [3.63, 3.8) is 0 Å². The van der Waals surface area contributed by atoms with Gasteiger partial charge in [-0.15, -0.1) is 0 Å². The van der Waals surface area contributed by atoms with Gasteiger partial charge in [-0.05, 0) is 29.2 Å². The summed E-state index contributed by atoms with van der Waals surface area (Å²) in [5, 5.41) is 13.9. The second-order valence-corrected chi connectivity index (χ2v) is 6.43. The van der Waals surface area contributed by atoms with Gasteiger partial charge >= 0.3 is 0 Å². The highest BCUT2D eigenvalue weighted by Crippen LogP contribution is 2.37. The van der Waals surface area contributed by atoms with E-state index in [9.17, 15) is 5.11 Å². The highest BCUT2D eigenvalue weighted by molar-refractivity contribution is 5.73. The summed E-state index contributed by atoms with van der Waals surface area (Å²) < 4.78 is 0. The first-order valence-electron chi connectivity index (χ1n) is 7.56. The Labute approximate surface area is 127 Å². The highest BCUT2D eigenvalue weighted by Gasteiger charge is 2.19. The zero-order valence-electron chi connectivity index (χ0n) is 13.4. The van der Waals surface area contributed by atoms with Crippen molar-refractivity contribution in [2.24, 2.45) is 0 Å². The molecule has 0 amide bonds. The summed E-state index contributed by atoms with van der Waals surface area (Å²) in [5.41, 5.74) is 4.23. The van der Waals surface area contributed by atoms with Crippen LogP contribution in [0.1, 0.15) is 38.8 Å². The summed E-state index contributed by atoms with van der Waals surface area (Å²) in [6.07, 6.45) is 0. The second-order valence-electron chi connectivity index (χ2n) is 6.43. The Hall–Kier alpha value is -1.80. The fraction of sp³-hybridized carbons (Fsp3) is 0.368. The van der Waals surface area contributed by atoms with Crippen LogP contribution < -0.4 is 5.32 Å². The van der Waals surface area contributed by atoms with Crippen molar-refractivity contribution in [2.45, 2.75) is 39.7 Å². The lowest BCUT2D eigenvalue weighted by Gasteiger charge is -2.22. The summed E-state index contributed by atoms with van der Waals surface area (Å²) in [5.74, 6) is 0.384. The molecule has 0 bridgehead atoms. The van der Waals surface area contributed by atoms with Crippen LogP contribution in [0.2, 0.25) is 0 Å². The number of phenolic OH excluding ortho intramolecular Hbond substituents is 1. The average molecular weight is 283 g/mol. The van der Waals surface area contributed by atoms with Crippen LogP contribution in [0.3, 0.4) is 0 Å². The van der Waals surface area contributed by atoms with Gasteiger partial charge in [-0.3, -0.25) is 0 Å². The molecule has 2 aromatic rings. The van der Waals surface area contributed by atoms with Crippen molar-refractivity contribution in [1.29, 1.82) is 0 Å². The van der Waals surface area contributed by atoms with Crippen molar-refractivity contribution in [2.75, 3.05) is 6.54 Å². The Morgan fingerprint density at radius 3 is 2.29 bits per heavy atom. The van der Waals surface area contributed by atoms with E-state index in [-0.39, 0.29) is 5.41 Å². The number of rotatable bonds is 4. The van der Waals surface area contributed by atoms with E-state index in [1.165, 1.54) is 5.56 Å². The van der Waals surface area contributed by atoms with E-state index in [1.54, 1.807) is 0 Å². The molecule has 0 aliphatic rings. The third-order valence-corrected chi connectivity index (χ3v) is 3.71. The molecule has 0 aliphatic carbocycles. The van der Waals surface area contributed by atoms with Gasteiger partial charge in [-0.2, -0.15) is 0 Å². The predicted octanol–water partition coefficient (Wildman–Crippen LogP) is 4.47. The molecule has 0 unspecified atom stereocenters. The molecule has 2 aromatic carbocycles. The number of hydrogen-bond donors (Lipinski definition) is 2. The summed E-state index contributed by atoms with van der Waals surface area (Å²) in [6, 6.07) is 14.3. The third-order valence-electron chi connectivity index (χ3n) is 3.71. The topological polar surface area (TPSA) is 32.3 Å². The van der Waals surface area contributed by atoms with Gasteiger partial charge in [0.2, 0.25) is 0 Å². The average Bonchev–Trinajstić information content (AvgIpc) is 2.46. The quantitative estimate of drug-likeness (QED) is 0.868. The summed E-state index contributed by atoms with van der Waals surface area (Å²) in [4.78, 5) is 0. The standard InChI is InChI=1S/C19H25NO/c1-5-20-13-15-11-16(19(2,3)4)12-17(18(15)21)14-9-7-6-8-10-14/h6-12,20-21H,5,13H2,1-4H3. The first-order chi connectivity index (χ1) is 9.93. The summed E-state index contributed by atoms with van der Waals surface area (Å²) in [7, 11) is 0. The molecule has 0 aromatic heterocycles. The van der Waals surface area contributed by atoms with Crippen molar-refractivity contribution in [3.8, 4) is 16.9 Å². The molecular weight excluding hydrogens is 258 g/mol. The molecule has 0 spiro atoms. The van der Waals surface area contributed by atoms with Crippen LogP contribution in [0.15, 0.2) is 42.5 Å². The van der Waals surface area contributed by atoms with E-state index < -0.39 is 0 Å². The Morgan fingerprint density at radius 2 is 1.71 bits per heavy atom. The minimum absolute atomic E-state index is 0.0538. The molecule has 2 N–H and O–H groups in total. The van der Waals surface area contributed by atoms with Gasteiger partial charge in [0.1, 0.15) is 5.75 Å². The van der Waals surface area contributed by atoms with E-state index in [1.807, 2.05) is 30.3 Å². The molecule has 0 radical (unpaired) electrons. The van der Waals surface area contributed by atoms with Crippen LogP contribution >= 0.6 is 0 Å². The normalized spacial score (nSPS) is 11.6. The molecule has 0 saturated carbocycles. The van der Waals surface area contributed by atoms with Gasteiger partial charge in [-0.25, -0.2) is 0 Å². The number of hydrogen-bond acceptors (Lipinski definition) is 2. The fourth-order valence-corrected chi connectivity index (χ4v) is 2.36. The van der Waals surface area contributed by atoms with Crippen LogP contribution in [0.25, 0.3) is 11.1 Å². The SMILES string of the molecule is CCNCc1cc(C(C)(C)C)cc(-c2ccccc2)c1O. The largest absolute Gasteiger partial charge is 0.507 e. The van der Waals surface area contributed by atoms with Crippen LogP contribution in [-0.4, -0.2) is 11.7 Å². The van der Waals surface area contributed by atoms with Gasteiger partial charge in [0.15, 0.2) is 0 Å². The van der Waals surface area contributed by atoms with Gasteiger partial charge in [0.25, 0.3) is 0 Å². The van der Waals surface area contributed by atoms with E-state index in [2.05, 4.69) is 45.1 Å². The number of nitrogens with one attached hydrogen (secondary N) is 1. The lowest BCUT2D eigenvalue weighted by atomic mass is 9.83. The third kappa shape index (κ3) is 3.64. The molecule has 2 rings (SSSR count). The van der Waals surface area contributed by atoms with Crippen molar-refractivity contribution < 1.29 is 5.11 Å². The van der Waals surface area contributed by atoms with Crippen LogP contribution in [-0.2, 0) is 12.0 Å². The summed E-state index contributed by atoms with van der Waals surface area (Å²) in [6.45, 7) is 10.2. The van der Waals surface area contributed by atoms with Crippen molar-refractivity contribution in [1.82, 2.24) is 5.32 Å². The Kier molecular flexibility index (Phi) is 4.69. The Bertz CT molecular complexity index is 597. The maximum absolute atomic E-state index is 10.6. The molecule has 0 aliphatic heterocycles. The van der Waals surface area contributed by atoms with E-state index in [0.717, 1.165) is 23.2 Å². The van der Waals surface area contributed by atoms with E-state index in [4.69, 9.17) is 0 Å². The van der Waals surface area contributed by atoms with Crippen molar-refractivity contribution >= 4 is 0 Å². The molecule has 0 atom stereocenters. The first kappa shape index (κ1) is 15.6. The van der Waals surface area contributed by atoms with Gasteiger partial charge in [-0.1, -0.05) is 64.1 Å². The molecule has 0 fully saturated rings. The predicted molar refractivity (Wildman–Crippen MR) is 89.6 cm³/mol. The fourth-order valence-electron chi connectivity index (χ4n) is 2.36. The Morgan fingerprint density at radius 1 is 1.05 bits per heavy atom. The number of aromatic hydroxyl groups is 1. The van der Waals surface area contributed by atoms with Gasteiger partial charge < -0.3 is 10.4 Å². The summed E-state index contributed by atoms with van der Waals surface area (Å²) >= 11 is 0. The monoisotopic (exact) mass is 283 g/mol. The molecule has 112 valence electrons. The number of phenols is 1. The van der Waals surface area contributed by atoms with Crippen LogP contribution in [0, 0.1) is 0 Å². The zero-order chi connectivity index (χ0) is 15.5. The molecular formula is C19H25NO. The van der Waals surface area contributed by atoms with E-state index >= 15 is 0 Å². The highest BCUT2D eigenvalue weighted by atomic mass is 16.3. The lowest BCUT2D eigenvalue weighted by Crippen LogP contribution is -2.15. The van der Waals surface area contributed by atoms with Gasteiger partial charge in [0.05, 0.1) is 0 Å². The maximum atomic E-state index is 10.6. The number of benzene rings is 2. The molecule has 2 heteroatoms. The lowest BCUT2D eigenvalue weighted by molar-refractivity contribution is 0.465.